The van der Waals surface area contributed by atoms with E-state index in [0.29, 0.717) is 12.2 Å². The molecule has 2 fully saturated rings. The van der Waals surface area contributed by atoms with E-state index in [1.165, 1.54) is 0 Å². The van der Waals surface area contributed by atoms with Crippen molar-refractivity contribution in [1.29, 1.82) is 0 Å². The number of rotatable bonds is 3. The summed E-state index contributed by atoms with van der Waals surface area (Å²) in [6, 6.07) is 0. The summed E-state index contributed by atoms with van der Waals surface area (Å²) in [4.78, 5) is 23.0. The fourth-order valence-corrected chi connectivity index (χ4v) is 2.70. The number of aliphatic carboxylic acids is 1. The quantitative estimate of drug-likeness (QED) is 0.596. The molecule has 1 aliphatic carbocycles. The lowest BCUT2D eigenvalue weighted by Crippen LogP contribution is -2.49. The maximum Gasteiger partial charge on any atom is 0.308 e. The molecule has 1 N–H and O–H groups in total. The van der Waals surface area contributed by atoms with E-state index >= 15 is 0 Å². The number of carbonyl (C=O) groups is 1. The Morgan fingerprint density at radius 1 is 1.65 bits per heavy atom. The van der Waals surface area contributed by atoms with Crippen molar-refractivity contribution in [2.24, 2.45) is 5.92 Å². The Bertz CT molecular complexity index is 387. The van der Waals surface area contributed by atoms with Gasteiger partial charge in [0, 0.05) is 18.5 Å². The summed E-state index contributed by atoms with van der Waals surface area (Å²) in [7, 11) is 0. The van der Waals surface area contributed by atoms with E-state index in [2.05, 4.69) is 6.92 Å². The minimum absolute atomic E-state index is 0.0773. The molecular weight excluding hydrogens is 224 g/mol. The van der Waals surface area contributed by atoms with Gasteiger partial charge in [0.05, 0.1) is 16.5 Å². The molecule has 2 rings (SSSR count). The second-order valence-electron chi connectivity index (χ2n) is 5.11. The summed E-state index contributed by atoms with van der Waals surface area (Å²) in [5, 5.41) is 19.6. The lowest BCUT2D eigenvalue weighted by Gasteiger charge is -2.47. The summed E-state index contributed by atoms with van der Waals surface area (Å²) in [5.41, 5.74) is 0.482. The number of carboxylic acids is 1. The normalized spacial score (nSPS) is 29.1. The molecule has 2 aliphatic rings. The molecule has 94 valence electrons. The molecule has 0 radical (unpaired) electrons. The number of hydrogen-bond acceptors (Lipinski definition) is 4. The standard InChI is InChI=1S/C11H16N2O4/c1-11(3-2-4-11)12-6-8(10(14)15)5-9(12)7-13(16)17/h7-8H,2-6H2,1H3,(H,14,15). The van der Waals surface area contributed by atoms with E-state index in [1.54, 1.807) is 0 Å². The minimum atomic E-state index is -0.871. The number of allylic oxidation sites excluding steroid dienone is 1. The van der Waals surface area contributed by atoms with Crippen LogP contribution < -0.4 is 0 Å². The van der Waals surface area contributed by atoms with Crippen molar-refractivity contribution >= 4 is 5.97 Å². The van der Waals surface area contributed by atoms with Crippen LogP contribution >= 0.6 is 0 Å². The van der Waals surface area contributed by atoms with Crippen LogP contribution in [0.15, 0.2) is 11.9 Å². The van der Waals surface area contributed by atoms with Gasteiger partial charge in [-0.3, -0.25) is 14.9 Å². The summed E-state index contributed by atoms with van der Waals surface area (Å²) in [5.74, 6) is -1.39. The van der Waals surface area contributed by atoms with Crippen molar-refractivity contribution in [1.82, 2.24) is 4.90 Å². The lowest BCUT2D eigenvalue weighted by molar-refractivity contribution is -0.404. The van der Waals surface area contributed by atoms with Crippen LogP contribution in [0.3, 0.4) is 0 Å². The van der Waals surface area contributed by atoms with E-state index in [-0.39, 0.29) is 12.0 Å². The zero-order valence-electron chi connectivity index (χ0n) is 9.76. The van der Waals surface area contributed by atoms with Gasteiger partial charge in [-0.1, -0.05) is 0 Å². The first-order valence-corrected chi connectivity index (χ1v) is 5.77. The van der Waals surface area contributed by atoms with Gasteiger partial charge in [-0.25, -0.2) is 0 Å². The van der Waals surface area contributed by atoms with Crippen LogP contribution in [0.2, 0.25) is 0 Å². The minimum Gasteiger partial charge on any atom is -0.481 e. The Morgan fingerprint density at radius 3 is 2.71 bits per heavy atom. The topological polar surface area (TPSA) is 83.7 Å². The van der Waals surface area contributed by atoms with Crippen LogP contribution in [0.25, 0.3) is 0 Å². The van der Waals surface area contributed by atoms with Crippen LogP contribution in [0.4, 0.5) is 0 Å². The number of likely N-dealkylation sites (tertiary alicyclic amines) is 1. The Hall–Kier alpha value is -1.59. The third kappa shape index (κ3) is 2.11. The van der Waals surface area contributed by atoms with Crippen LogP contribution in [0.5, 0.6) is 0 Å². The zero-order valence-corrected chi connectivity index (χ0v) is 9.76. The highest BCUT2D eigenvalue weighted by molar-refractivity contribution is 5.71. The molecule has 17 heavy (non-hydrogen) atoms. The average molecular weight is 240 g/mol. The van der Waals surface area contributed by atoms with Crippen molar-refractivity contribution in [3.8, 4) is 0 Å². The third-order valence-electron chi connectivity index (χ3n) is 3.89. The van der Waals surface area contributed by atoms with Crippen LogP contribution in [0, 0.1) is 16.0 Å². The fraction of sp³-hybridized carbons (Fsp3) is 0.727. The van der Waals surface area contributed by atoms with Crippen molar-refractivity contribution < 1.29 is 14.8 Å². The Morgan fingerprint density at radius 2 is 2.29 bits per heavy atom. The molecule has 0 aromatic heterocycles. The number of nitrogens with zero attached hydrogens (tertiary/aromatic N) is 2. The lowest BCUT2D eigenvalue weighted by atomic mass is 9.77. The summed E-state index contributed by atoms with van der Waals surface area (Å²) in [6.45, 7) is 2.44. The molecule has 0 aromatic rings. The molecule has 6 heteroatoms. The first kappa shape index (κ1) is 11.9. The number of nitro groups is 1. The van der Waals surface area contributed by atoms with Gasteiger partial charge >= 0.3 is 5.97 Å². The van der Waals surface area contributed by atoms with Crippen molar-refractivity contribution in [3.63, 3.8) is 0 Å². The molecule has 0 aromatic carbocycles. The van der Waals surface area contributed by atoms with Crippen molar-refractivity contribution in [2.75, 3.05) is 6.54 Å². The molecule has 1 unspecified atom stereocenters. The highest BCUT2D eigenvalue weighted by atomic mass is 16.6. The molecule has 0 spiro atoms. The number of hydrogen-bond donors (Lipinski definition) is 1. The molecule has 1 heterocycles. The zero-order chi connectivity index (χ0) is 12.6. The van der Waals surface area contributed by atoms with Gasteiger partial charge < -0.3 is 10.0 Å². The van der Waals surface area contributed by atoms with Crippen LogP contribution in [-0.4, -0.2) is 33.0 Å². The van der Waals surface area contributed by atoms with Crippen LogP contribution in [-0.2, 0) is 4.79 Å². The Kier molecular flexibility index (Phi) is 2.81. The monoisotopic (exact) mass is 240 g/mol. The average Bonchev–Trinajstić information content (AvgIpc) is 2.57. The van der Waals surface area contributed by atoms with Crippen LogP contribution in [0.1, 0.15) is 32.6 Å². The summed E-state index contributed by atoms with van der Waals surface area (Å²) in [6.07, 6.45) is 4.30. The highest BCUT2D eigenvalue weighted by Gasteiger charge is 2.45. The smallest absolute Gasteiger partial charge is 0.308 e. The van der Waals surface area contributed by atoms with E-state index in [9.17, 15) is 14.9 Å². The molecular formula is C11H16N2O4. The Labute approximate surface area is 99.1 Å². The first-order chi connectivity index (χ1) is 7.92. The van der Waals surface area contributed by atoms with E-state index in [0.717, 1.165) is 25.5 Å². The van der Waals surface area contributed by atoms with Gasteiger partial charge in [0.25, 0.3) is 6.20 Å². The van der Waals surface area contributed by atoms with E-state index in [1.807, 2.05) is 4.90 Å². The van der Waals surface area contributed by atoms with Gasteiger partial charge in [-0.2, -0.15) is 0 Å². The molecule has 1 atom stereocenters. The van der Waals surface area contributed by atoms with Gasteiger partial charge in [0.15, 0.2) is 0 Å². The molecule has 0 amide bonds. The van der Waals surface area contributed by atoms with E-state index < -0.39 is 16.8 Å². The van der Waals surface area contributed by atoms with Crippen molar-refractivity contribution in [2.45, 2.75) is 38.1 Å². The number of carboxylic acid groups (broad SMARTS) is 1. The van der Waals surface area contributed by atoms with Gasteiger partial charge in [0.1, 0.15) is 0 Å². The molecule has 0 bridgehead atoms. The maximum absolute atomic E-state index is 11.0. The summed E-state index contributed by atoms with van der Waals surface area (Å²) >= 11 is 0. The second kappa shape index (κ2) is 4.01. The molecule has 1 saturated heterocycles. The van der Waals surface area contributed by atoms with Gasteiger partial charge in [-0.15, -0.1) is 0 Å². The third-order valence-corrected chi connectivity index (χ3v) is 3.89. The maximum atomic E-state index is 11.0. The SMILES string of the molecule is CC1(N2CC(C(=O)O)CC2=C[N+](=O)[O-])CCC1. The van der Waals surface area contributed by atoms with Crippen molar-refractivity contribution in [3.05, 3.63) is 22.0 Å². The van der Waals surface area contributed by atoms with Gasteiger partial charge in [0.2, 0.25) is 0 Å². The molecule has 1 aliphatic heterocycles. The Balaban J connectivity index is 2.22. The predicted molar refractivity (Wildman–Crippen MR) is 59.8 cm³/mol. The first-order valence-electron chi connectivity index (χ1n) is 5.77. The fourth-order valence-electron chi connectivity index (χ4n) is 2.70. The summed E-state index contributed by atoms with van der Waals surface area (Å²) < 4.78 is 0. The molecule has 6 nitrogen and oxygen atoms in total. The predicted octanol–water partition coefficient (Wildman–Crippen LogP) is 1.45. The molecule has 1 saturated carbocycles. The highest BCUT2D eigenvalue weighted by Crippen LogP contribution is 2.44. The largest absolute Gasteiger partial charge is 0.481 e. The second-order valence-corrected chi connectivity index (χ2v) is 5.11. The van der Waals surface area contributed by atoms with Gasteiger partial charge in [-0.05, 0) is 26.2 Å². The van der Waals surface area contributed by atoms with E-state index in [4.69, 9.17) is 5.11 Å².